The summed E-state index contributed by atoms with van der Waals surface area (Å²) >= 11 is 0. The van der Waals surface area contributed by atoms with Crippen LogP contribution < -0.4 is 5.73 Å². The van der Waals surface area contributed by atoms with Crippen LogP contribution >= 0.6 is 0 Å². The highest BCUT2D eigenvalue weighted by Crippen LogP contribution is 2.30. The molecule has 2 N–H and O–H groups in total. The molecule has 0 aliphatic rings. The molecule has 3 rings (SSSR count). The molecular formula is C22H19NO4. The fourth-order valence-corrected chi connectivity index (χ4v) is 2.82. The van der Waals surface area contributed by atoms with Gasteiger partial charge in [0.2, 0.25) is 0 Å². The summed E-state index contributed by atoms with van der Waals surface area (Å²) in [4.78, 5) is 23.2. The third-order valence-electron chi connectivity index (χ3n) is 4.23. The molecule has 0 aliphatic carbocycles. The van der Waals surface area contributed by atoms with Crippen molar-refractivity contribution in [3.8, 4) is 22.3 Å². The zero-order valence-electron chi connectivity index (χ0n) is 15.1. The van der Waals surface area contributed by atoms with E-state index in [9.17, 15) is 9.59 Å². The summed E-state index contributed by atoms with van der Waals surface area (Å²) in [5.41, 5.74) is 11.4. The Morgan fingerprint density at radius 1 is 0.630 bits per heavy atom. The molecule has 0 fully saturated rings. The summed E-state index contributed by atoms with van der Waals surface area (Å²) in [5, 5.41) is 0. The van der Waals surface area contributed by atoms with Gasteiger partial charge in [-0.2, -0.15) is 0 Å². The van der Waals surface area contributed by atoms with Crippen molar-refractivity contribution in [2.24, 2.45) is 0 Å². The predicted octanol–water partition coefficient (Wildman–Crippen LogP) is 4.18. The Kier molecular flexibility index (Phi) is 5.22. The molecule has 0 aromatic heterocycles. The smallest absolute Gasteiger partial charge is 0.337 e. The minimum Gasteiger partial charge on any atom is -0.465 e. The summed E-state index contributed by atoms with van der Waals surface area (Å²) in [7, 11) is 2.71. The van der Waals surface area contributed by atoms with Crippen LogP contribution in [0.15, 0.2) is 66.7 Å². The maximum Gasteiger partial charge on any atom is 0.337 e. The van der Waals surface area contributed by atoms with E-state index in [2.05, 4.69) is 0 Å². The van der Waals surface area contributed by atoms with Crippen LogP contribution in [0, 0.1) is 0 Å². The molecule has 0 heterocycles. The van der Waals surface area contributed by atoms with Crippen molar-refractivity contribution < 1.29 is 19.1 Å². The second-order valence-electron chi connectivity index (χ2n) is 5.98. The van der Waals surface area contributed by atoms with Crippen molar-refractivity contribution >= 4 is 17.6 Å². The van der Waals surface area contributed by atoms with E-state index in [0.717, 1.165) is 22.3 Å². The summed E-state index contributed by atoms with van der Waals surface area (Å²) in [6.45, 7) is 0. The lowest BCUT2D eigenvalue weighted by atomic mass is 9.97. The average Bonchev–Trinajstić information content (AvgIpc) is 2.72. The Bertz CT molecular complexity index is 898. The third-order valence-corrected chi connectivity index (χ3v) is 4.23. The predicted molar refractivity (Wildman–Crippen MR) is 104 cm³/mol. The number of rotatable bonds is 4. The van der Waals surface area contributed by atoms with Crippen LogP contribution in [-0.2, 0) is 9.47 Å². The largest absolute Gasteiger partial charge is 0.465 e. The van der Waals surface area contributed by atoms with Crippen LogP contribution in [0.3, 0.4) is 0 Å². The minimum absolute atomic E-state index is 0.375. The van der Waals surface area contributed by atoms with Crippen LogP contribution in [0.25, 0.3) is 22.3 Å². The van der Waals surface area contributed by atoms with Gasteiger partial charge in [-0.15, -0.1) is 0 Å². The highest BCUT2D eigenvalue weighted by Gasteiger charge is 2.09. The normalized spacial score (nSPS) is 10.3. The van der Waals surface area contributed by atoms with E-state index in [-0.39, 0.29) is 11.9 Å². The van der Waals surface area contributed by atoms with Gasteiger partial charge in [-0.05, 0) is 64.7 Å². The van der Waals surface area contributed by atoms with E-state index in [0.29, 0.717) is 16.8 Å². The first-order valence-corrected chi connectivity index (χ1v) is 8.30. The van der Waals surface area contributed by atoms with Crippen LogP contribution in [0.5, 0.6) is 0 Å². The summed E-state index contributed by atoms with van der Waals surface area (Å²) < 4.78 is 9.44. The number of carbonyl (C=O) groups excluding carboxylic acids is 2. The summed E-state index contributed by atoms with van der Waals surface area (Å²) in [5.74, 6) is -0.749. The van der Waals surface area contributed by atoms with E-state index in [4.69, 9.17) is 15.2 Å². The first-order chi connectivity index (χ1) is 13.0. The lowest BCUT2D eigenvalue weighted by Gasteiger charge is -2.09. The molecule has 5 nitrogen and oxygen atoms in total. The van der Waals surface area contributed by atoms with Gasteiger partial charge in [0.05, 0.1) is 25.3 Å². The molecule has 0 amide bonds. The molecule has 0 radical (unpaired) electrons. The van der Waals surface area contributed by atoms with Crippen molar-refractivity contribution in [2.45, 2.75) is 0 Å². The first kappa shape index (κ1) is 18.2. The highest BCUT2D eigenvalue weighted by molar-refractivity contribution is 5.91. The molecule has 3 aromatic rings. The van der Waals surface area contributed by atoms with E-state index in [1.165, 1.54) is 14.2 Å². The lowest BCUT2D eigenvalue weighted by Crippen LogP contribution is -2.00. The number of esters is 2. The van der Waals surface area contributed by atoms with E-state index < -0.39 is 0 Å². The van der Waals surface area contributed by atoms with Crippen LogP contribution in [0.1, 0.15) is 20.7 Å². The minimum atomic E-state index is -0.375. The molecular weight excluding hydrogens is 342 g/mol. The number of carbonyl (C=O) groups is 2. The SMILES string of the molecule is COC(=O)c1ccc(-c2cc(N)cc(-c3ccc(C(=O)OC)cc3)c2)cc1. The summed E-state index contributed by atoms with van der Waals surface area (Å²) in [6.07, 6.45) is 0. The van der Waals surface area contributed by atoms with Crippen LogP contribution in [0.4, 0.5) is 5.69 Å². The van der Waals surface area contributed by atoms with Gasteiger partial charge >= 0.3 is 11.9 Å². The summed E-state index contributed by atoms with van der Waals surface area (Å²) in [6, 6.07) is 20.0. The Morgan fingerprint density at radius 2 is 1.00 bits per heavy atom. The topological polar surface area (TPSA) is 78.6 Å². The van der Waals surface area contributed by atoms with E-state index in [1.54, 1.807) is 24.3 Å². The van der Waals surface area contributed by atoms with Gasteiger partial charge in [-0.25, -0.2) is 9.59 Å². The fourth-order valence-electron chi connectivity index (χ4n) is 2.82. The Morgan fingerprint density at radius 3 is 1.33 bits per heavy atom. The van der Waals surface area contributed by atoms with Gasteiger partial charge in [0, 0.05) is 5.69 Å². The quantitative estimate of drug-likeness (QED) is 0.557. The number of ether oxygens (including phenoxy) is 2. The van der Waals surface area contributed by atoms with Gasteiger partial charge in [0.1, 0.15) is 0 Å². The molecule has 0 aliphatic heterocycles. The van der Waals surface area contributed by atoms with E-state index in [1.807, 2.05) is 42.5 Å². The number of hydrogen-bond donors (Lipinski definition) is 1. The number of methoxy groups -OCH3 is 2. The lowest BCUT2D eigenvalue weighted by molar-refractivity contribution is 0.0592. The molecule has 136 valence electrons. The van der Waals surface area contributed by atoms with Crippen molar-refractivity contribution in [3.63, 3.8) is 0 Å². The van der Waals surface area contributed by atoms with Gasteiger partial charge in [-0.1, -0.05) is 24.3 Å². The van der Waals surface area contributed by atoms with Crippen LogP contribution in [-0.4, -0.2) is 26.2 Å². The highest BCUT2D eigenvalue weighted by atomic mass is 16.5. The van der Waals surface area contributed by atoms with Gasteiger partial charge in [0.15, 0.2) is 0 Å². The number of anilines is 1. The maximum atomic E-state index is 11.6. The Balaban J connectivity index is 1.95. The monoisotopic (exact) mass is 361 g/mol. The number of hydrogen-bond acceptors (Lipinski definition) is 5. The van der Waals surface area contributed by atoms with Gasteiger partial charge in [-0.3, -0.25) is 0 Å². The molecule has 0 unspecified atom stereocenters. The van der Waals surface area contributed by atoms with E-state index >= 15 is 0 Å². The number of nitrogens with two attached hydrogens (primary N) is 1. The second-order valence-corrected chi connectivity index (χ2v) is 5.98. The Labute approximate surface area is 157 Å². The third kappa shape index (κ3) is 3.98. The van der Waals surface area contributed by atoms with Gasteiger partial charge in [0.25, 0.3) is 0 Å². The molecule has 27 heavy (non-hydrogen) atoms. The fraction of sp³-hybridized carbons (Fsp3) is 0.0909. The molecule has 3 aromatic carbocycles. The molecule has 0 spiro atoms. The van der Waals surface area contributed by atoms with Crippen molar-refractivity contribution in [1.82, 2.24) is 0 Å². The Hall–Kier alpha value is -3.60. The standard InChI is InChI=1S/C22H19NO4/c1-26-21(24)16-7-3-14(4-8-16)18-11-19(13-20(23)12-18)15-5-9-17(10-6-15)22(25)27-2/h3-13H,23H2,1-2H3. The molecule has 0 saturated carbocycles. The number of benzene rings is 3. The van der Waals surface area contributed by atoms with Crippen molar-refractivity contribution in [2.75, 3.05) is 20.0 Å². The second kappa shape index (κ2) is 7.74. The zero-order chi connectivity index (χ0) is 19.4. The van der Waals surface area contributed by atoms with Crippen LogP contribution in [0.2, 0.25) is 0 Å². The first-order valence-electron chi connectivity index (χ1n) is 8.30. The molecule has 0 bridgehead atoms. The maximum absolute atomic E-state index is 11.6. The van der Waals surface area contributed by atoms with Crippen molar-refractivity contribution in [3.05, 3.63) is 77.9 Å². The number of nitrogen functional groups attached to an aromatic ring is 1. The zero-order valence-corrected chi connectivity index (χ0v) is 15.1. The van der Waals surface area contributed by atoms with Gasteiger partial charge < -0.3 is 15.2 Å². The van der Waals surface area contributed by atoms with Crippen molar-refractivity contribution in [1.29, 1.82) is 0 Å². The molecule has 5 heteroatoms. The molecule has 0 atom stereocenters. The average molecular weight is 361 g/mol. The molecule has 0 saturated heterocycles.